The highest BCUT2D eigenvalue weighted by atomic mass is 16.6. The van der Waals surface area contributed by atoms with Crippen LogP contribution in [0.15, 0.2) is 65.7 Å². The molecule has 25 heavy (non-hydrogen) atoms. The molecular weight excluding hydrogens is 318 g/mol. The maximum absolute atomic E-state index is 10.9. The molecule has 6 nitrogen and oxygen atoms in total. The molecule has 1 aromatic heterocycles. The summed E-state index contributed by atoms with van der Waals surface area (Å²) in [5.41, 5.74) is 3.49. The minimum atomic E-state index is -0.427. The molecule has 0 spiro atoms. The highest BCUT2D eigenvalue weighted by Gasteiger charge is 2.07. The van der Waals surface area contributed by atoms with Crippen molar-refractivity contribution in [3.8, 4) is 11.4 Å². The van der Waals surface area contributed by atoms with Gasteiger partial charge < -0.3 is 9.30 Å². The van der Waals surface area contributed by atoms with Crippen molar-refractivity contribution < 1.29 is 9.66 Å². The van der Waals surface area contributed by atoms with Crippen LogP contribution in [0.2, 0.25) is 0 Å². The fourth-order valence-corrected chi connectivity index (χ4v) is 2.57. The quantitative estimate of drug-likeness (QED) is 0.393. The Labute approximate surface area is 145 Å². The Morgan fingerprint density at radius 1 is 1.12 bits per heavy atom. The van der Waals surface area contributed by atoms with Crippen LogP contribution in [0.25, 0.3) is 5.69 Å². The first-order chi connectivity index (χ1) is 12.1. The lowest BCUT2D eigenvalue weighted by Crippen LogP contribution is -2.01. The van der Waals surface area contributed by atoms with Crippen LogP contribution in [0.5, 0.6) is 5.75 Å². The Hall–Kier alpha value is -3.41. The number of aryl methyl sites for hydroxylation is 1. The van der Waals surface area contributed by atoms with Gasteiger partial charge >= 0.3 is 0 Å². The number of nitrogens with zero attached hydrogens (tertiary/aromatic N) is 3. The molecule has 0 radical (unpaired) electrons. The van der Waals surface area contributed by atoms with Crippen molar-refractivity contribution in [1.82, 2.24) is 4.57 Å². The van der Waals surface area contributed by atoms with E-state index in [2.05, 4.69) is 9.56 Å². The van der Waals surface area contributed by atoms with Crippen LogP contribution in [0.3, 0.4) is 0 Å². The molecule has 0 bridgehead atoms. The number of rotatable bonds is 5. The summed E-state index contributed by atoms with van der Waals surface area (Å²) >= 11 is 0. The minimum Gasteiger partial charge on any atom is -0.497 e. The number of hydrogen-bond donors (Lipinski definition) is 0. The third-order valence-electron chi connectivity index (χ3n) is 3.82. The van der Waals surface area contributed by atoms with Crippen molar-refractivity contribution in [3.05, 3.63) is 82.2 Å². The third-order valence-corrected chi connectivity index (χ3v) is 3.82. The predicted octanol–water partition coefficient (Wildman–Crippen LogP) is 4.45. The summed E-state index contributed by atoms with van der Waals surface area (Å²) in [6.07, 6.45) is 1.70. The van der Waals surface area contributed by atoms with Gasteiger partial charge in [-0.2, -0.15) is 0 Å². The molecule has 6 heteroatoms. The molecule has 0 aliphatic carbocycles. The van der Waals surface area contributed by atoms with Gasteiger partial charge in [0, 0.05) is 23.5 Å². The molecule has 3 rings (SSSR count). The van der Waals surface area contributed by atoms with Crippen molar-refractivity contribution >= 4 is 17.6 Å². The molecule has 2 aromatic carbocycles. The average Bonchev–Trinajstić information content (AvgIpc) is 3.01. The zero-order valence-electron chi connectivity index (χ0n) is 13.9. The standard InChI is InChI=1S/C19H17N3O3/c1-14-6-7-18(21(14)16-8-10-19(25-2)11-9-16)13-20-15-4-3-5-17(12-15)22(23)24/h3-13H,1-2H3. The van der Waals surface area contributed by atoms with Crippen molar-refractivity contribution in [2.75, 3.05) is 7.11 Å². The van der Waals surface area contributed by atoms with Crippen LogP contribution in [0.4, 0.5) is 11.4 Å². The minimum absolute atomic E-state index is 0.0244. The van der Waals surface area contributed by atoms with Gasteiger partial charge in [-0.3, -0.25) is 15.1 Å². The van der Waals surface area contributed by atoms with Gasteiger partial charge in [-0.05, 0) is 49.4 Å². The van der Waals surface area contributed by atoms with Gasteiger partial charge in [-0.25, -0.2) is 0 Å². The summed E-state index contributed by atoms with van der Waals surface area (Å²) in [5, 5.41) is 10.9. The van der Waals surface area contributed by atoms with Gasteiger partial charge in [-0.15, -0.1) is 0 Å². The number of hydrogen-bond acceptors (Lipinski definition) is 4. The molecule has 3 aromatic rings. The van der Waals surface area contributed by atoms with E-state index in [9.17, 15) is 10.1 Å². The van der Waals surface area contributed by atoms with E-state index in [1.165, 1.54) is 12.1 Å². The predicted molar refractivity (Wildman–Crippen MR) is 97.4 cm³/mol. The first-order valence-corrected chi connectivity index (χ1v) is 7.70. The number of aromatic nitrogens is 1. The maximum Gasteiger partial charge on any atom is 0.271 e. The summed E-state index contributed by atoms with van der Waals surface area (Å²) in [7, 11) is 1.63. The lowest BCUT2D eigenvalue weighted by atomic mass is 10.3. The van der Waals surface area contributed by atoms with Gasteiger partial charge in [0.25, 0.3) is 5.69 Å². The van der Waals surface area contributed by atoms with E-state index in [4.69, 9.17) is 4.74 Å². The molecule has 0 N–H and O–H groups in total. The molecule has 0 aliphatic heterocycles. The van der Waals surface area contributed by atoms with Crippen LogP contribution in [0, 0.1) is 17.0 Å². The average molecular weight is 335 g/mol. The van der Waals surface area contributed by atoms with Crippen LogP contribution in [-0.2, 0) is 0 Å². The summed E-state index contributed by atoms with van der Waals surface area (Å²) in [6.45, 7) is 2.01. The second-order valence-corrected chi connectivity index (χ2v) is 5.47. The summed E-state index contributed by atoms with van der Waals surface area (Å²) < 4.78 is 7.25. The monoisotopic (exact) mass is 335 g/mol. The Balaban J connectivity index is 1.93. The molecule has 126 valence electrons. The molecule has 0 saturated carbocycles. The van der Waals surface area contributed by atoms with Crippen LogP contribution in [0.1, 0.15) is 11.4 Å². The molecule has 0 saturated heterocycles. The lowest BCUT2D eigenvalue weighted by molar-refractivity contribution is -0.384. The van der Waals surface area contributed by atoms with Gasteiger partial charge in [-0.1, -0.05) is 6.07 Å². The number of aliphatic imine (C=N–C) groups is 1. The van der Waals surface area contributed by atoms with E-state index in [-0.39, 0.29) is 5.69 Å². The van der Waals surface area contributed by atoms with Gasteiger partial charge in [0.15, 0.2) is 0 Å². The van der Waals surface area contributed by atoms with E-state index in [1.807, 2.05) is 43.3 Å². The largest absolute Gasteiger partial charge is 0.497 e. The van der Waals surface area contributed by atoms with Gasteiger partial charge in [0.05, 0.1) is 29.6 Å². The van der Waals surface area contributed by atoms with E-state index >= 15 is 0 Å². The Bertz CT molecular complexity index is 927. The SMILES string of the molecule is COc1ccc(-n2c(C)ccc2C=Nc2cccc([N+](=O)[O-])c2)cc1. The second-order valence-electron chi connectivity index (χ2n) is 5.47. The van der Waals surface area contributed by atoms with E-state index < -0.39 is 4.92 Å². The summed E-state index contributed by atoms with van der Waals surface area (Å²) in [6, 6.07) is 17.9. The summed E-state index contributed by atoms with van der Waals surface area (Å²) in [4.78, 5) is 14.8. The Morgan fingerprint density at radius 2 is 1.88 bits per heavy atom. The number of nitro groups is 1. The van der Waals surface area contributed by atoms with Crippen LogP contribution >= 0.6 is 0 Å². The van der Waals surface area contributed by atoms with Crippen LogP contribution < -0.4 is 4.74 Å². The van der Waals surface area contributed by atoms with Crippen molar-refractivity contribution in [3.63, 3.8) is 0 Å². The second kappa shape index (κ2) is 7.00. The van der Waals surface area contributed by atoms with E-state index in [0.717, 1.165) is 22.8 Å². The molecule has 0 amide bonds. The molecule has 0 aliphatic rings. The number of methoxy groups -OCH3 is 1. The Morgan fingerprint density at radius 3 is 2.56 bits per heavy atom. The highest BCUT2D eigenvalue weighted by molar-refractivity contribution is 5.81. The van der Waals surface area contributed by atoms with E-state index in [1.54, 1.807) is 25.5 Å². The Kier molecular flexibility index (Phi) is 4.61. The zero-order valence-corrected chi connectivity index (χ0v) is 13.9. The number of ether oxygens (including phenoxy) is 1. The molecule has 0 fully saturated rings. The van der Waals surface area contributed by atoms with Crippen molar-refractivity contribution in [2.45, 2.75) is 6.92 Å². The normalized spacial score (nSPS) is 11.0. The summed E-state index contributed by atoms with van der Waals surface area (Å²) in [5.74, 6) is 0.792. The molecule has 0 unspecified atom stereocenters. The number of non-ortho nitro benzene ring substituents is 1. The fraction of sp³-hybridized carbons (Fsp3) is 0.105. The molecule has 0 atom stereocenters. The first kappa shape index (κ1) is 16.4. The lowest BCUT2D eigenvalue weighted by Gasteiger charge is -2.10. The third kappa shape index (κ3) is 3.58. The van der Waals surface area contributed by atoms with Crippen molar-refractivity contribution in [1.29, 1.82) is 0 Å². The molecule has 1 heterocycles. The van der Waals surface area contributed by atoms with Crippen LogP contribution in [-0.4, -0.2) is 22.8 Å². The zero-order chi connectivity index (χ0) is 17.8. The van der Waals surface area contributed by atoms with Gasteiger partial charge in [0.2, 0.25) is 0 Å². The molecular formula is C19H17N3O3. The number of nitro benzene ring substituents is 1. The topological polar surface area (TPSA) is 69.7 Å². The number of benzene rings is 2. The van der Waals surface area contributed by atoms with E-state index in [0.29, 0.717) is 5.69 Å². The fourth-order valence-electron chi connectivity index (χ4n) is 2.57. The van der Waals surface area contributed by atoms with Crippen molar-refractivity contribution in [2.24, 2.45) is 4.99 Å². The first-order valence-electron chi connectivity index (χ1n) is 7.70. The maximum atomic E-state index is 10.9. The van der Waals surface area contributed by atoms with Gasteiger partial charge in [0.1, 0.15) is 5.75 Å². The highest BCUT2D eigenvalue weighted by Crippen LogP contribution is 2.22. The smallest absolute Gasteiger partial charge is 0.271 e.